The highest BCUT2D eigenvalue weighted by Crippen LogP contribution is 2.27. The van der Waals surface area contributed by atoms with Crippen LogP contribution in [0.15, 0.2) is 12.7 Å². The van der Waals surface area contributed by atoms with E-state index in [-0.39, 0.29) is 6.10 Å². The van der Waals surface area contributed by atoms with Crippen molar-refractivity contribution in [1.29, 1.82) is 0 Å². The van der Waals surface area contributed by atoms with Gasteiger partial charge >= 0.3 is 5.97 Å². The second-order valence-electron chi connectivity index (χ2n) is 4.29. The van der Waals surface area contributed by atoms with Gasteiger partial charge < -0.3 is 9.84 Å². The van der Waals surface area contributed by atoms with Crippen LogP contribution in [0.3, 0.4) is 0 Å². The Morgan fingerprint density at radius 3 is 3.06 bits per heavy atom. The van der Waals surface area contributed by atoms with E-state index in [1.807, 2.05) is 0 Å². The zero-order valence-corrected chi connectivity index (χ0v) is 9.87. The van der Waals surface area contributed by atoms with Gasteiger partial charge in [0.15, 0.2) is 0 Å². The molecule has 1 fully saturated rings. The first-order chi connectivity index (χ1) is 7.64. The van der Waals surface area contributed by atoms with E-state index in [9.17, 15) is 9.90 Å². The molecule has 0 spiro atoms. The van der Waals surface area contributed by atoms with Crippen LogP contribution >= 0.6 is 0 Å². The number of rotatable bonds is 6. The summed E-state index contributed by atoms with van der Waals surface area (Å²) in [5, 5.41) is 12.4. The van der Waals surface area contributed by atoms with Crippen molar-refractivity contribution in [2.24, 2.45) is 0 Å². The third kappa shape index (κ3) is 3.06. The molecule has 1 aliphatic rings. The molecule has 2 atom stereocenters. The summed E-state index contributed by atoms with van der Waals surface area (Å²) in [5.74, 6) is -0.779. The molecule has 0 bridgehead atoms. The summed E-state index contributed by atoms with van der Waals surface area (Å²) in [6.07, 6.45) is 4.76. The summed E-state index contributed by atoms with van der Waals surface area (Å²) >= 11 is 0. The zero-order chi connectivity index (χ0) is 12.0. The summed E-state index contributed by atoms with van der Waals surface area (Å²) in [6, 6.07) is 0. The van der Waals surface area contributed by atoms with Gasteiger partial charge in [0.1, 0.15) is 5.54 Å². The maximum Gasteiger partial charge on any atom is 0.324 e. The lowest BCUT2D eigenvalue weighted by Gasteiger charge is -2.38. The van der Waals surface area contributed by atoms with Crippen LogP contribution in [0, 0.1) is 0 Å². The molecule has 1 heterocycles. The molecule has 0 aromatic rings. The molecule has 0 aromatic carbocycles. The predicted octanol–water partition coefficient (Wildman–Crippen LogP) is 1.56. The van der Waals surface area contributed by atoms with E-state index in [0.29, 0.717) is 26.0 Å². The van der Waals surface area contributed by atoms with Crippen LogP contribution in [0.5, 0.6) is 0 Å². The van der Waals surface area contributed by atoms with Crippen molar-refractivity contribution in [2.45, 2.75) is 44.2 Å². The Balaban J connectivity index is 2.67. The van der Waals surface area contributed by atoms with E-state index < -0.39 is 11.5 Å². The summed E-state index contributed by atoms with van der Waals surface area (Å²) in [5.41, 5.74) is -0.827. The average Bonchev–Trinajstić information content (AvgIpc) is 2.27. The van der Waals surface area contributed by atoms with Gasteiger partial charge in [-0.25, -0.2) is 0 Å². The molecule has 4 heteroatoms. The lowest BCUT2D eigenvalue weighted by atomic mass is 9.85. The van der Waals surface area contributed by atoms with Gasteiger partial charge in [-0.3, -0.25) is 10.1 Å². The van der Waals surface area contributed by atoms with Gasteiger partial charge in [-0.05, 0) is 12.8 Å². The largest absolute Gasteiger partial charge is 0.480 e. The van der Waals surface area contributed by atoms with Crippen molar-refractivity contribution in [3.05, 3.63) is 12.7 Å². The second-order valence-corrected chi connectivity index (χ2v) is 4.29. The molecule has 2 unspecified atom stereocenters. The number of hydrogen-bond donors (Lipinski definition) is 2. The number of carboxylic acids is 1. The van der Waals surface area contributed by atoms with Gasteiger partial charge in [0, 0.05) is 19.6 Å². The Hall–Kier alpha value is -0.870. The number of nitrogens with one attached hydrogen (secondary N) is 1. The number of hydrogen-bond acceptors (Lipinski definition) is 3. The highest BCUT2D eigenvalue weighted by Gasteiger charge is 2.42. The normalized spacial score (nSPS) is 29.9. The minimum atomic E-state index is -0.827. The third-order valence-electron chi connectivity index (χ3n) is 3.06. The molecule has 0 aliphatic carbocycles. The van der Waals surface area contributed by atoms with E-state index >= 15 is 0 Å². The van der Waals surface area contributed by atoms with Crippen molar-refractivity contribution in [3.63, 3.8) is 0 Å². The zero-order valence-electron chi connectivity index (χ0n) is 9.87. The third-order valence-corrected chi connectivity index (χ3v) is 3.06. The van der Waals surface area contributed by atoms with Crippen LogP contribution in [0.1, 0.15) is 32.6 Å². The number of ether oxygens (including phenoxy) is 1. The van der Waals surface area contributed by atoms with Gasteiger partial charge in [-0.1, -0.05) is 19.4 Å². The Labute approximate surface area is 96.7 Å². The van der Waals surface area contributed by atoms with Crippen LogP contribution in [0.4, 0.5) is 0 Å². The maximum absolute atomic E-state index is 11.4. The van der Waals surface area contributed by atoms with Gasteiger partial charge in [0.2, 0.25) is 0 Å². The van der Waals surface area contributed by atoms with Gasteiger partial charge in [0.05, 0.1) is 6.10 Å². The fourth-order valence-electron chi connectivity index (χ4n) is 2.15. The first-order valence-electron chi connectivity index (χ1n) is 5.85. The Kier molecular flexibility index (Phi) is 4.96. The van der Waals surface area contributed by atoms with Gasteiger partial charge in [-0.2, -0.15) is 0 Å². The smallest absolute Gasteiger partial charge is 0.324 e. The summed E-state index contributed by atoms with van der Waals surface area (Å²) in [6.45, 7) is 6.72. The molecule has 1 saturated heterocycles. The molecule has 0 aromatic heterocycles. The monoisotopic (exact) mass is 227 g/mol. The lowest BCUT2D eigenvalue weighted by molar-refractivity contribution is -0.152. The maximum atomic E-state index is 11.4. The highest BCUT2D eigenvalue weighted by molar-refractivity contribution is 5.79. The fraction of sp³-hybridized carbons (Fsp3) is 0.750. The first-order valence-corrected chi connectivity index (χ1v) is 5.85. The van der Waals surface area contributed by atoms with E-state index in [2.05, 4.69) is 18.8 Å². The average molecular weight is 227 g/mol. The Morgan fingerprint density at radius 2 is 2.50 bits per heavy atom. The summed E-state index contributed by atoms with van der Waals surface area (Å²) in [7, 11) is 0. The summed E-state index contributed by atoms with van der Waals surface area (Å²) < 4.78 is 5.57. The fourth-order valence-corrected chi connectivity index (χ4v) is 2.15. The number of aliphatic carboxylic acids is 1. The molecule has 0 radical (unpaired) electrons. The van der Waals surface area contributed by atoms with Crippen molar-refractivity contribution < 1.29 is 14.6 Å². The standard InChI is InChI=1S/C12H21NO3/c1-3-5-10-9-12(11(14)15,6-8-16-10)13-7-4-2/h4,10,13H,2-3,5-9H2,1H3,(H,14,15). The Bertz CT molecular complexity index is 253. The molecular weight excluding hydrogens is 206 g/mol. The number of carbonyl (C=O) groups is 1. The van der Waals surface area contributed by atoms with Gasteiger partial charge in [0.25, 0.3) is 0 Å². The molecule has 1 aliphatic heterocycles. The van der Waals surface area contributed by atoms with Crippen molar-refractivity contribution >= 4 is 5.97 Å². The van der Waals surface area contributed by atoms with E-state index in [1.54, 1.807) is 6.08 Å². The quantitative estimate of drug-likeness (QED) is 0.676. The molecular formula is C12H21NO3. The van der Waals surface area contributed by atoms with Crippen molar-refractivity contribution in [2.75, 3.05) is 13.2 Å². The second kappa shape index (κ2) is 6.01. The predicted molar refractivity (Wildman–Crippen MR) is 62.4 cm³/mol. The first kappa shape index (κ1) is 13.2. The molecule has 92 valence electrons. The van der Waals surface area contributed by atoms with Crippen LogP contribution in [0.25, 0.3) is 0 Å². The Morgan fingerprint density at radius 1 is 1.75 bits per heavy atom. The van der Waals surface area contributed by atoms with E-state index in [0.717, 1.165) is 12.8 Å². The molecule has 16 heavy (non-hydrogen) atoms. The molecule has 4 nitrogen and oxygen atoms in total. The molecule has 1 rings (SSSR count). The molecule has 2 N–H and O–H groups in total. The van der Waals surface area contributed by atoms with E-state index in [4.69, 9.17) is 4.74 Å². The lowest BCUT2D eigenvalue weighted by Crippen LogP contribution is -2.57. The minimum Gasteiger partial charge on any atom is -0.480 e. The number of carboxylic acid groups (broad SMARTS) is 1. The minimum absolute atomic E-state index is 0.0622. The highest BCUT2D eigenvalue weighted by atomic mass is 16.5. The van der Waals surface area contributed by atoms with Crippen LogP contribution < -0.4 is 5.32 Å². The molecule has 0 saturated carbocycles. The van der Waals surface area contributed by atoms with Crippen molar-refractivity contribution in [1.82, 2.24) is 5.32 Å². The van der Waals surface area contributed by atoms with Crippen molar-refractivity contribution in [3.8, 4) is 0 Å². The summed E-state index contributed by atoms with van der Waals surface area (Å²) in [4.78, 5) is 11.4. The molecule has 0 amide bonds. The van der Waals surface area contributed by atoms with Crippen LogP contribution in [-0.4, -0.2) is 35.9 Å². The van der Waals surface area contributed by atoms with Crippen LogP contribution in [-0.2, 0) is 9.53 Å². The topological polar surface area (TPSA) is 58.6 Å². The van der Waals surface area contributed by atoms with E-state index in [1.165, 1.54) is 0 Å². The SMILES string of the molecule is C=CCNC1(C(=O)O)CCOC(CCC)C1. The van der Waals surface area contributed by atoms with Gasteiger partial charge in [-0.15, -0.1) is 6.58 Å². The van der Waals surface area contributed by atoms with Crippen LogP contribution in [0.2, 0.25) is 0 Å².